The summed E-state index contributed by atoms with van der Waals surface area (Å²) >= 11 is 0. The number of hydrogen-bond acceptors (Lipinski definition) is 5. The molecule has 1 unspecified atom stereocenters. The van der Waals surface area contributed by atoms with E-state index in [2.05, 4.69) is 41.2 Å². The Labute approximate surface area is 194 Å². The van der Waals surface area contributed by atoms with Gasteiger partial charge in [-0.05, 0) is 38.0 Å². The minimum absolute atomic E-state index is 0.0368. The zero-order valence-corrected chi connectivity index (χ0v) is 19.6. The molecule has 2 aromatic heterocycles. The molecule has 3 heterocycles. The molecule has 8 nitrogen and oxygen atoms in total. The van der Waals surface area contributed by atoms with Crippen LogP contribution in [0.1, 0.15) is 55.2 Å². The van der Waals surface area contributed by atoms with Gasteiger partial charge in [-0.2, -0.15) is 9.78 Å². The van der Waals surface area contributed by atoms with Gasteiger partial charge in [-0.1, -0.05) is 38.5 Å². The number of carbonyl (C=O) groups excluding carboxylic acids is 2. The van der Waals surface area contributed by atoms with Crippen LogP contribution in [0.15, 0.2) is 48.8 Å². The number of anilines is 1. The van der Waals surface area contributed by atoms with Crippen molar-refractivity contribution >= 4 is 17.6 Å². The number of rotatable bonds is 4. The molecular weight excluding hydrogens is 416 g/mol. The van der Waals surface area contributed by atoms with Gasteiger partial charge in [-0.25, -0.2) is 9.97 Å². The van der Waals surface area contributed by atoms with Crippen molar-refractivity contribution in [1.29, 1.82) is 0 Å². The molecule has 2 amide bonds. The van der Waals surface area contributed by atoms with E-state index in [1.165, 1.54) is 0 Å². The van der Waals surface area contributed by atoms with Gasteiger partial charge in [0, 0.05) is 42.5 Å². The Morgan fingerprint density at radius 3 is 2.45 bits per heavy atom. The summed E-state index contributed by atoms with van der Waals surface area (Å²) in [6.45, 7) is 9.22. The standard InChI is InChI=1S/C25H30N6O2/c1-17-8-10-18(11-9-17)23(33)30-14-5-7-19(16-30)22(32)28-21-15-20(25(2,3)4)29-31(21)24-26-12-6-13-27-24/h6,8-13,15,19H,5,7,14,16H2,1-4H3,(H,28,32). The van der Waals surface area contributed by atoms with Crippen molar-refractivity contribution in [2.24, 2.45) is 5.92 Å². The van der Waals surface area contributed by atoms with Crippen LogP contribution in [0.5, 0.6) is 0 Å². The number of nitrogens with zero attached hydrogens (tertiary/aromatic N) is 5. The molecule has 0 saturated carbocycles. The molecule has 1 aliphatic heterocycles. The highest BCUT2D eigenvalue weighted by Crippen LogP contribution is 2.27. The SMILES string of the molecule is Cc1ccc(C(=O)N2CCCC(C(=O)Nc3cc(C(C)(C)C)nn3-c3ncccn3)C2)cc1. The first-order valence-corrected chi connectivity index (χ1v) is 11.3. The third kappa shape index (κ3) is 5.10. The zero-order chi connectivity index (χ0) is 23.6. The Morgan fingerprint density at radius 2 is 1.79 bits per heavy atom. The number of likely N-dealkylation sites (tertiary alicyclic amines) is 1. The topological polar surface area (TPSA) is 93.0 Å². The zero-order valence-electron chi connectivity index (χ0n) is 19.6. The van der Waals surface area contributed by atoms with Crippen molar-refractivity contribution in [2.45, 2.75) is 46.0 Å². The molecule has 1 saturated heterocycles. The maximum absolute atomic E-state index is 13.2. The van der Waals surface area contributed by atoms with Crippen molar-refractivity contribution in [3.8, 4) is 5.95 Å². The smallest absolute Gasteiger partial charge is 0.253 e. The van der Waals surface area contributed by atoms with Gasteiger partial charge in [-0.3, -0.25) is 9.59 Å². The molecule has 1 fully saturated rings. The van der Waals surface area contributed by atoms with Crippen LogP contribution in [0.4, 0.5) is 5.82 Å². The first-order chi connectivity index (χ1) is 15.7. The summed E-state index contributed by atoms with van der Waals surface area (Å²) in [6.07, 6.45) is 4.79. The number of hydrogen-bond donors (Lipinski definition) is 1. The lowest BCUT2D eigenvalue weighted by Gasteiger charge is -2.32. The Hall–Kier alpha value is -3.55. The van der Waals surface area contributed by atoms with Gasteiger partial charge in [0.15, 0.2) is 0 Å². The van der Waals surface area contributed by atoms with Crippen molar-refractivity contribution in [1.82, 2.24) is 24.6 Å². The van der Waals surface area contributed by atoms with Gasteiger partial charge in [0.05, 0.1) is 11.6 Å². The van der Waals surface area contributed by atoms with E-state index in [1.807, 2.05) is 37.3 Å². The molecule has 172 valence electrons. The third-order valence-corrected chi connectivity index (χ3v) is 5.85. The van der Waals surface area contributed by atoms with Crippen LogP contribution in [0.25, 0.3) is 5.95 Å². The molecule has 0 aliphatic carbocycles. The fourth-order valence-corrected chi connectivity index (χ4v) is 3.87. The predicted octanol–water partition coefficient (Wildman–Crippen LogP) is 3.76. The molecule has 1 aromatic carbocycles. The van der Waals surface area contributed by atoms with Crippen molar-refractivity contribution in [2.75, 3.05) is 18.4 Å². The van der Waals surface area contributed by atoms with Gasteiger partial charge in [0.1, 0.15) is 5.82 Å². The Kier molecular flexibility index (Phi) is 6.26. The largest absolute Gasteiger partial charge is 0.338 e. The Balaban J connectivity index is 1.52. The van der Waals surface area contributed by atoms with E-state index in [-0.39, 0.29) is 23.1 Å². The minimum atomic E-state index is -0.300. The second-order valence-corrected chi connectivity index (χ2v) is 9.57. The van der Waals surface area contributed by atoms with Crippen LogP contribution >= 0.6 is 0 Å². The lowest BCUT2D eigenvalue weighted by molar-refractivity contribution is -0.121. The van der Waals surface area contributed by atoms with Crippen molar-refractivity contribution < 1.29 is 9.59 Å². The average Bonchev–Trinajstić information content (AvgIpc) is 3.24. The van der Waals surface area contributed by atoms with E-state index in [4.69, 9.17) is 0 Å². The summed E-state index contributed by atoms with van der Waals surface area (Å²) in [5, 5.41) is 7.67. The number of benzene rings is 1. The second kappa shape index (κ2) is 9.13. The molecule has 8 heteroatoms. The summed E-state index contributed by atoms with van der Waals surface area (Å²) in [5.74, 6) is 0.451. The fraction of sp³-hybridized carbons (Fsp3) is 0.400. The van der Waals surface area contributed by atoms with Crippen LogP contribution in [-0.4, -0.2) is 49.6 Å². The molecule has 33 heavy (non-hydrogen) atoms. The first-order valence-electron chi connectivity index (χ1n) is 11.3. The maximum atomic E-state index is 13.2. The van der Waals surface area contributed by atoms with E-state index in [0.29, 0.717) is 30.4 Å². The Bertz CT molecular complexity index is 1130. The second-order valence-electron chi connectivity index (χ2n) is 9.57. The summed E-state index contributed by atoms with van der Waals surface area (Å²) in [6, 6.07) is 11.1. The van der Waals surface area contributed by atoms with Crippen LogP contribution in [0.2, 0.25) is 0 Å². The number of nitrogens with one attached hydrogen (secondary N) is 1. The van der Waals surface area contributed by atoms with Gasteiger partial charge in [0.25, 0.3) is 11.9 Å². The van der Waals surface area contributed by atoms with Crippen LogP contribution in [0, 0.1) is 12.8 Å². The lowest BCUT2D eigenvalue weighted by atomic mass is 9.92. The first kappa shape index (κ1) is 22.6. The summed E-state index contributed by atoms with van der Waals surface area (Å²) in [7, 11) is 0. The molecule has 1 aliphatic rings. The normalized spacial score (nSPS) is 16.5. The van der Waals surface area contributed by atoms with E-state index >= 15 is 0 Å². The minimum Gasteiger partial charge on any atom is -0.338 e. The summed E-state index contributed by atoms with van der Waals surface area (Å²) < 4.78 is 1.57. The number of aryl methyl sites for hydroxylation is 1. The fourth-order valence-electron chi connectivity index (χ4n) is 3.87. The molecule has 3 aromatic rings. The van der Waals surface area contributed by atoms with Gasteiger partial charge in [0.2, 0.25) is 5.91 Å². The van der Waals surface area contributed by atoms with E-state index < -0.39 is 0 Å². The van der Waals surface area contributed by atoms with Gasteiger partial charge >= 0.3 is 0 Å². The average molecular weight is 447 g/mol. The lowest BCUT2D eigenvalue weighted by Crippen LogP contribution is -2.43. The molecule has 4 rings (SSSR count). The summed E-state index contributed by atoms with van der Waals surface area (Å²) in [5.41, 5.74) is 2.37. The summed E-state index contributed by atoms with van der Waals surface area (Å²) in [4.78, 5) is 36.5. The predicted molar refractivity (Wildman–Crippen MR) is 126 cm³/mol. The maximum Gasteiger partial charge on any atom is 0.253 e. The highest BCUT2D eigenvalue weighted by Gasteiger charge is 2.30. The van der Waals surface area contributed by atoms with Gasteiger partial charge in [-0.15, -0.1) is 0 Å². The highest BCUT2D eigenvalue weighted by molar-refractivity contribution is 5.96. The number of amides is 2. The van der Waals surface area contributed by atoms with Crippen LogP contribution in [-0.2, 0) is 10.2 Å². The molecule has 1 atom stereocenters. The quantitative estimate of drug-likeness (QED) is 0.659. The molecule has 0 bridgehead atoms. The van der Waals surface area contributed by atoms with Crippen molar-refractivity contribution in [3.63, 3.8) is 0 Å². The van der Waals surface area contributed by atoms with Crippen LogP contribution in [0.3, 0.4) is 0 Å². The highest BCUT2D eigenvalue weighted by atomic mass is 16.2. The van der Waals surface area contributed by atoms with E-state index in [0.717, 1.165) is 24.1 Å². The monoisotopic (exact) mass is 446 g/mol. The van der Waals surface area contributed by atoms with E-state index in [9.17, 15) is 9.59 Å². The number of piperidine rings is 1. The molecule has 0 radical (unpaired) electrons. The molecule has 0 spiro atoms. The molecule has 1 N–H and O–H groups in total. The number of carbonyl (C=O) groups is 2. The Morgan fingerprint density at radius 1 is 1.09 bits per heavy atom. The third-order valence-electron chi connectivity index (χ3n) is 5.85. The number of aromatic nitrogens is 4. The molecular formula is C25H30N6O2. The van der Waals surface area contributed by atoms with Crippen molar-refractivity contribution in [3.05, 3.63) is 65.6 Å². The van der Waals surface area contributed by atoms with Crippen LogP contribution < -0.4 is 5.32 Å². The van der Waals surface area contributed by atoms with Gasteiger partial charge < -0.3 is 10.2 Å². The van der Waals surface area contributed by atoms with E-state index in [1.54, 1.807) is 28.0 Å².